The number of aryl methyl sites for hydroxylation is 4. The van der Waals surface area contributed by atoms with Gasteiger partial charge in [0.15, 0.2) is 22.4 Å². The highest BCUT2D eigenvalue weighted by molar-refractivity contribution is 5.98. The fourth-order valence-corrected chi connectivity index (χ4v) is 5.86. The predicted molar refractivity (Wildman–Crippen MR) is 254 cm³/mol. The third-order valence-corrected chi connectivity index (χ3v) is 8.94. The molecular formula is C50H69N3O8. The van der Waals surface area contributed by atoms with Gasteiger partial charge in [-0.1, -0.05) is 101 Å². The number of hydrogen-bond donors (Lipinski definition) is 3. The molecule has 11 heteroatoms. The van der Waals surface area contributed by atoms with Crippen molar-refractivity contribution >= 4 is 50.2 Å². The maximum atomic E-state index is 12.3. The average Bonchev–Trinajstić information content (AvgIpc) is 3.29. The molecule has 6 rings (SSSR count). The van der Waals surface area contributed by atoms with E-state index in [4.69, 9.17) is 5.11 Å². The molecule has 0 atom stereocenters. The number of Topliss-reactive ketones (excluding diaryl/α,β-unsaturated/α-hetero) is 2. The van der Waals surface area contributed by atoms with E-state index in [1.54, 1.807) is 18.3 Å². The first-order valence-electron chi connectivity index (χ1n) is 21.5. The van der Waals surface area contributed by atoms with Crippen LogP contribution >= 0.6 is 0 Å². The number of ketones is 2. The molecule has 0 amide bonds. The van der Waals surface area contributed by atoms with E-state index < -0.39 is 11.4 Å². The van der Waals surface area contributed by atoms with Crippen LogP contribution < -0.4 is 16.3 Å². The summed E-state index contributed by atoms with van der Waals surface area (Å²) in [5.41, 5.74) is 4.67. The lowest BCUT2D eigenvalue weighted by atomic mass is 10.1. The van der Waals surface area contributed by atoms with Gasteiger partial charge >= 0.3 is 5.97 Å². The number of nitrogens with zero attached hydrogens (tertiary/aromatic N) is 2. The number of benzene rings is 3. The molecule has 61 heavy (non-hydrogen) atoms. The van der Waals surface area contributed by atoms with Crippen molar-refractivity contribution in [2.24, 2.45) is 0 Å². The Morgan fingerprint density at radius 3 is 1.33 bits per heavy atom. The Bertz CT molecular complexity index is 2410. The maximum absolute atomic E-state index is 12.3. The van der Waals surface area contributed by atoms with E-state index in [9.17, 15) is 33.9 Å². The van der Waals surface area contributed by atoms with Gasteiger partial charge < -0.3 is 24.3 Å². The lowest BCUT2D eigenvalue weighted by Crippen LogP contribution is -2.19. The zero-order chi connectivity index (χ0) is 47.0. The van der Waals surface area contributed by atoms with Gasteiger partial charge in [0.05, 0.1) is 22.2 Å². The van der Waals surface area contributed by atoms with Gasteiger partial charge in [0.2, 0.25) is 5.43 Å². The van der Waals surface area contributed by atoms with Crippen molar-refractivity contribution in [2.45, 2.75) is 136 Å². The molecule has 0 unspecified atom stereocenters. The van der Waals surface area contributed by atoms with E-state index in [0.717, 1.165) is 53.5 Å². The minimum atomic E-state index is -1.29. The maximum Gasteiger partial charge on any atom is 0.341 e. The van der Waals surface area contributed by atoms with Crippen molar-refractivity contribution < 1.29 is 24.6 Å². The van der Waals surface area contributed by atoms with Crippen LogP contribution in [0.3, 0.4) is 0 Å². The highest BCUT2D eigenvalue weighted by Gasteiger charge is 2.15. The molecule has 0 saturated heterocycles. The fourth-order valence-electron chi connectivity index (χ4n) is 5.86. The monoisotopic (exact) mass is 840 g/mol. The SMILES string of the molecule is CC.CC.CC.CCC.CCc1ccc2[nH]cc(C(C)=O)c(=O)c2c1.CCc1ccc2c(c1)c(=O)c(C(=O)O)cn2CO.CCc1ccc2c(c1)c(=O)c(C(C)=O)cn2CC. The van der Waals surface area contributed by atoms with Crippen LogP contribution in [0, 0.1) is 0 Å². The zero-order valence-electron chi connectivity index (χ0n) is 38.9. The van der Waals surface area contributed by atoms with Crippen LogP contribution in [0.2, 0.25) is 0 Å². The Morgan fingerprint density at radius 1 is 0.557 bits per heavy atom. The largest absolute Gasteiger partial charge is 0.477 e. The molecule has 0 spiro atoms. The topological polar surface area (TPSA) is 169 Å². The molecule has 0 radical (unpaired) electrons. The molecule has 0 aliphatic heterocycles. The molecule has 0 saturated carbocycles. The number of nitrogens with one attached hydrogen (secondary N) is 1. The summed E-state index contributed by atoms with van der Waals surface area (Å²) in [6.07, 6.45) is 8.08. The number of carboxylic acids is 1. The molecule has 0 aliphatic rings. The molecule has 3 N–H and O–H groups in total. The number of aliphatic hydroxyl groups excluding tert-OH is 1. The smallest absolute Gasteiger partial charge is 0.341 e. The van der Waals surface area contributed by atoms with Gasteiger partial charge in [-0.05, 0) is 93.1 Å². The summed E-state index contributed by atoms with van der Waals surface area (Å²) in [6, 6.07) is 16.8. The third-order valence-electron chi connectivity index (χ3n) is 8.94. The van der Waals surface area contributed by atoms with Crippen LogP contribution in [0.4, 0.5) is 0 Å². The Hall–Kier alpha value is -5.94. The van der Waals surface area contributed by atoms with Crippen LogP contribution in [0.1, 0.15) is 151 Å². The molecule has 0 fully saturated rings. The van der Waals surface area contributed by atoms with E-state index in [1.807, 2.05) is 116 Å². The van der Waals surface area contributed by atoms with Crippen molar-refractivity contribution in [3.05, 3.63) is 137 Å². The van der Waals surface area contributed by atoms with Gasteiger partial charge in [-0.2, -0.15) is 0 Å². The first kappa shape index (κ1) is 55.1. The number of carbonyl (C=O) groups excluding carboxylic acids is 2. The number of aliphatic hydroxyl groups is 1. The number of hydrogen-bond acceptors (Lipinski definition) is 7. The van der Waals surface area contributed by atoms with Crippen LogP contribution in [0.5, 0.6) is 0 Å². The minimum Gasteiger partial charge on any atom is -0.477 e. The number of aromatic carboxylic acids is 1. The molecule has 3 aromatic heterocycles. The van der Waals surface area contributed by atoms with Crippen LogP contribution in [-0.4, -0.2) is 41.9 Å². The molecule has 0 bridgehead atoms. The number of H-pyrrole nitrogens is 1. The first-order chi connectivity index (χ1) is 29.2. The second-order valence-corrected chi connectivity index (χ2v) is 12.9. The summed E-state index contributed by atoms with van der Waals surface area (Å²) in [5, 5.41) is 19.8. The summed E-state index contributed by atoms with van der Waals surface area (Å²) in [7, 11) is 0. The average molecular weight is 840 g/mol. The van der Waals surface area contributed by atoms with Gasteiger partial charge in [-0.15, -0.1) is 0 Å². The van der Waals surface area contributed by atoms with E-state index >= 15 is 0 Å². The van der Waals surface area contributed by atoms with Crippen molar-refractivity contribution in [1.29, 1.82) is 0 Å². The number of rotatable bonds is 8. The fraction of sp³-hybridized carbons (Fsp3) is 0.400. The summed E-state index contributed by atoms with van der Waals surface area (Å²) in [6.45, 7) is 27.5. The number of fused-ring (bicyclic) bond motifs is 3. The summed E-state index contributed by atoms with van der Waals surface area (Å²) in [4.78, 5) is 73.0. The van der Waals surface area contributed by atoms with Crippen LogP contribution in [-0.2, 0) is 32.5 Å². The molecule has 3 heterocycles. The molecule has 6 aromatic rings. The van der Waals surface area contributed by atoms with Crippen molar-refractivity contribution in [2.75, 3.05) is 0 Å². The van der Waals surface area contributed by atoms with Gasteiger partial charge in [-0.3, -0.25) is 24.0 Å². The highest BCUT2D eigenvalue weighted by Crippen LogP contribution is 2.17. The number of carbonyl (C=O) groups is 3. The second-order valence-electron chi connectivity index (χ2n) is 12.9. The van der Waals surface area contributed by atoms with E-state index in [0.29, 0.717) is 21.7 Å². The van der Waals surface area contributed by atoms with E-state index in [-0.39, 0.29) is 45.8 Å². The minimum absolute atomic E-state index is 0.155. The molecule has 0 aliphatic carbocycles. The van der Waals surface area contributed by atoms with E-state index in [1.165, 1.54) is 37.2 Å². The summed E-state index contributed by atoms with van der Waals surface area (Å²) in [5.74, 6) is -1.66. The lowest BCUT2D eigenvalue weighted by molar-refractivity contribution is 0.0693. The van der Waals surface area contributed by atoms with E-state index in [2.05, 4.69) is 18.8 Å². The summed E-state index contributed by atoms with van der Waals surface area (Å²) >= 11 is 0. The Morgan fingerprint density at radius 2 is 0.934 bits per heavy atom. The number of carboxylic acid groups (broad SMARTS) is 1. The van der Waals surface area contributed by atoms with Crippen molar-refractivity contribution in [1.82, 2.24) is 14.1 Å². The zero-order valence-corrected chi connectivity index (χ0v) is 38.9. The molecular weight excluding hydrogens is 771 g/mol. The third kappa shape index (κ3) is 14.6. The summed E-state index contributed by atoms with van der Waals surface area (Å²) < 4.78 is 3.30. The predicted octanol–water partition coefficient (Wildman–Crippen LogP) is 10.8. The van der Waals surface area contributed by atoms with Gasteiger partial charge in [0.1, 0.15) is 12.3 Å². The van der Waals surface area contributed by atoms with Gasteiger partial charge in [-0.25, -0.2) is 4.79 Å². The van der Waals surface area contributed by atoms with Crippen LogP contribution in [0.25, 0.3) is 32.7 Å². The van der Waals surface area contributed by atoms with Gasteiger partial charge in [0.25, 0.3) is 0 Å². The lowest BCUT2D eigenvalue weighted by Gasteiger charge is -2.11. The van der Waals surface area contributed by atoms with Crippen molar-refractivity contribution in [3.63, 3.8) is 0 Å². The molecule has 332 valence electrons. The second kappa shape index (κ2) is 28.5. The molecule has 11 nitrogen and oxygen atoms in total. The van der Waals surface area contributed by atoms with Gasteiger partial charge in [0, 0.05) is 46.8 Å². The number of aromatic nitrogens is 3. The van der Waals surface area contributed by atoms with Crippen molar-refractivity contribution in [3.8, 4) is 0 Å². The number of pyridine rings is 3. The van der Waals surface area contributed by atoms with Crippen LogP contribution in [0.15, 0.2) is 87.6 Å². The highest BCUT2D eigenvalue weighted by atomic mass is 16.4. The Balaban J connectivity index is 0.000000808. The number of aromatic amines is 1. The molecule has 3 aromatic carbocycles. The Kier molecular flexibility index (Phi) is 25.7. The first-order valence-corrected chi connectivity index (χ1v) is 21.5. The Labute approximate surface area is 361 Å². The quantitative estimate of drug-likeness (QED) is 0.127. The normalized spacial score (nSPS) is 9.75. The standard InChI is InChI=1S/C15H17NO2.C13H13NO4.C13H13NO2.C3H8.3C2H6/c1-4-11-6-7-14-12(8-11)15(18)13(10(3)17)9-16(14)5-2;1-2-8-3-4-11-9(5-8)12(16)10(13(17)18)6-14(11)7-15;1-3-9-4-5-12-10(6-9)13(16)11(7-14-12)8(2)15;1-3-2;3*1-2/h6-9H,4-5H2,1-3H3;3-6,15H,2,7H2,1H3,(H,17,18);4-7H,3H2,1-2H3,(H,14,16);3H2,1-2H3;3*1-2H3.